The first-order valence-corrected chi connectivity index (χ1v) is 6.98. The summed E-state index contributed by atoms with van der Waals surface area (Å²) in [5.41, 5.74) is 0. The monoisotopic (exact) mass is 239 g/mol. The smallest absolute Gasteiger partial charge is 0.133 e. The van der Waals surface area contributed by atoms with Crippen LogP contribution < -0.4 is 0 Å². The van der Waals surface area contributed by atoms with Gasteiger partial charge >= 0.3 is 0 Å². The number of ether oxygens (including phenoxy) is 1. The predicted molar refractivity (Wildman–Crippen MR) is 68.0 cm³/mol. The van der Waals surface area contributed by atoms with E-state index in [0.717, 1.165) is 44.8 Å². The van der Waals surface area contributed by atoms with Gasteiger partial charge in [-0.1, -0.05) is 0 Å². The maximum atomic E-state index is 11.3. The number of rotatable bonds is 6. The van der Waals surface area contributed by atoms with Gasteiger partial charge in [0.05, 0.1) is 6.61 Å². The van der Waals surface area contributed by atoms with E-state index in [1.165, 1.54) is 12.8 Å². The summed E-state index contributed by atoms with van der Waals surface area (Å²) in [6, 6.07) is 1.28. The fourth-order valence-corrected chi connectivity index (χ4v) is 3.02. The van der Waals surface area contributed by atoms with Crippen LogP contribution in [0, 0.1) is 5.92 Å². The second-order valence-corrected chi connectivity index (χ2v) is 5.58. The first-order valence-electron chi connectivity index (χ1n) is 6.98. The average Bonchev–Trinajstić information content (AvgIpc) is 3.15. The number of Topliss-reactive ketones (excluding diaryl/α,β-unsaturated/α-hetero) is 1. The van der Waals surface area contributed by atoms with E-state index >= 15 is 0 Å². The van der Waals surface area contributed by atoms with Gasteiger partial charge in [-0.3, -0.25) is 9.69 Å². The Morgan fingerprint density at radius 2 is 1.94 bits per heavy atom. The van der Waals surface area contributed by atoms with Crippen LogP contribution >= 0.6 is 0 Å². The Balaban J connectivity index is 1.90. The fraction of sp³-hybridized carbons (Fsp3) is 0.929. The first-order chi connectivity index (χ1) is 8.22. The minimum absolute atomic E-state index is 0.451. The number of carbonyl (C=O) groups excluding carboxylic acids is 1. The van der Waals surface area contributed by atoms with Crippen LogP contribution in [0.4, 0.5) is 0 Å². The molecule has 17 heavy (non-hydrogen) atoms. The molecule has 2 aliphatic rings. The largest absolute Gasteiger partial charge is 0.383 e. The van der Waals surface area contributed by atoms with Gasteiger partial charge in [0.1, 0.15) is 5.78 Å². The molecule has 0 heterocycles. The molecule has 0 N–H and O–H groups in total. The molecular formula is C14H25NO2. The van der Waals surface area contributed by atoms with E-state index in [1.54, 1.807) is 7.11 Å². The molecule has 0 radical (unpaired) electrons. The van der Waals surface area contributed by atoms with E-state index in [4.69, 9.17) is 4.74 Å². The Morgan fingerprint density at radius 1 is 1.29 bits per heavy atom. The lowest BCUT2D eigenvalue weighted by Gasteiger charge is -2.38. The zero-order valence-electron chi connectivity index (χ0n) is 11.2. The van der Waals surface area contributed by atoms with Crippen LogP contribution in [-0.2, 0) is 9.53 Å². The number of nitrogens with zero attached hydrogens (tertiary/aromatic N) is 1. The van der Waals surface area contributed by atoms with Crippen LogP contribution in [0.1, 0.15) is 45.4 Å². The zero-order valence-corrected chi connectivity index (χ0v) is 11.2. The third-order valence-corrected chi connectivity index (χ3v) is 4.36. The number of carbonyl (C=O) groups is 1. The second-order valence-electron chi connectivity index (χ2n) is 5.58. The molecule has 1 atom stereocenters. The topological polar surface area (TPSA) is 29.5 Å². The summed E-state index contributed by atoms with van der Waals surface area (Å²) in [6.07, 6.45) is 6.45. The minimum atomic E-state index is 0.451. The van der Waals surface area contributed by atoms with Crippen molar-refractivity contribution in [3.8, 4) is 0 Å². The summed E-state index contributed by atoms with van der Waals surface area (Å²) in [5, 5.41) is 0. The van der Waals surface area contributed by atoms with Crippen molar-refractivity contribution in [1.82, 2.24) is 4.90 Å². The Kier molecular flexibility index (Phi) is 4.57. The number of hydrogen-bond acceptors (Lipinski definition) is 3. The Morgan fingerprint density at radius 3 is 2.47 bits per heavy atom. The van der Waals surface area contributed by atoms with Crippen LogP contribution in [0.15, 0.2) is 0 Å². The van der Waals surface area contributed by atoms with Crippen LogP contribution in [0.2, 0.25) is 0 Å². The Hall–Kier alpha value is -0.410. The fourth-order valence-electron chi connectivity index (χ4n) is 3.02. The second kappa shape index (κ2) is 5.96. The third-order valence-electron chi connectivity index (χ3n) is 4.36. The van der Waals surface area contributed by atoms with Crippen LogP contribution in [0.3, 0.4) is 0 Å². The molecular weight excluding hydrogens is 214 g/mol. The molecule has 0 aromatic rings. The third kappa shape index (κ3) is 3.52. The lowest BCUT2D eigenvalue weighted by Crippen LogP contribution is -2.46. The minimum Gasteiger partial charge on any atom is -0.383 e. The molecule has 0 aromatic heterocycles. The number of hydrogen-bond donors (Lipinski definition) is 0. The highest BCUT2D eigenvalue weighted by atomic mass is 16.5. The quantitative estimate of drug-likeness (QED) is 0.712. The molecule has 2 fully saturated rings. The van der Waals surface area contributed by atoms with Crippen molar-refractivity contribution in [3.05, 3.63) is 0 Å². The molecule has 0 bridgehead atoms. The van der Waals surface area contributed by atoms with Crippen molar-refractivity contribution in [3.63, 3.8) is 0 Å². The van der Waals surface area contributed by atoms with E-state index in [2.05, 4.69) is 11.8 Å². The van der Waals surface area contributed by atoms with Crippen molar-refractivity contribution < 1.29 is 9.53 Å². The van der Waals surface area contributed by atoms with Crippen LogP contribution in [0.25, 0.3) is 0 Å². The molecule has 0 spiro atoms. The van der Waals surface area contributed by atoms with Crippen molar-refractivity contribution >= 4 is 5.78 Å². The van der Waals surface area contributed by atoms with Crippen molar-refractivity contribution in [2.75, 3.05) is 20.3 Å². The summed E-state index contributed by atoms with van der Waals surface area (Å²) in [5.74, 6) is 1.34. The summed E-state index contributed by atoms with van der Waals surface area (Å²) >= 11 is 0. The number of ketones is 1. The van der Waals surface area contributed by atoms with Gasteiger partial charge < -0.3 is 4.74 Å². The van der Waals surface area contributed by atoms with E-state index in [-0.39, 0.29) is 0 Å². The highest BCUT2D eigenvalue weighted by molar-refractivity contribution is 5.79. The lowest BCUT2D eigenvalue weighted by molar-refractivity contribution is -0.121. The molecule has 2 saturated carbocycles. The van der Waals surface area contributed by atoms with Gasteiger partial charge in [0.15, 0.2) is 0 Å². The maximum Gasteiger partial charge on any atom is 0.133 e. The molecule has 3 nitrogen and oxygen atoms in total. The number of methoxy groups -OCH3 is 1. The van der Waals surface area contributed by atoms with Crippen molar-refractivity contribution in [2.45, 2.75) is 57.5 Å². The highest BCUT2D eigenvalue weighted by Crippen LogP contribution is 2.37. The molecule has 0 aliphatic heterocycles. The van der Waals surface area contributed by atoms with Gasteiger partial charge in [0.25, 0.3) is 0 Å². The normalized spacial score (nSPS) is 24.3. The van der Waals surface area contributed by atoms with Gasteiger partial charge in [0.2, 0.25) is 0 Å². The van der Waals surface area contributed by atoms with Gasteiger partial charge in [-0.2, -0.15) is 0 Å². The van der Waals surface area contributed by atoms with E-state index in [0.29, 0.717) is 17.9 Å². The van der Waals surface area contributed by atoms with E-state index in [1.807, 2.05) is 0 Å². The predicted octanol–water partition coefficient (Wildman–Crippen LogP) is 2.25. The zero-order chi connectivity index (χ0) is 12.3. The van der Waals surface area contributed by atoms with E-state index in [9.17, 15) is 4.79 Å². The molecule has 0 saturated heterocycles. The van der Waals surface area contributed by atoms with E-state index < -0.39 is 0 Å². The molecule has 0 amide bonds. The molecule has 3 heteroatoms. The molecule has 0 aromatic carbocycles. The van der Waals surface area contributed by atoms with Crippen LogP contribution in [0.5, 0.6) is 0 Å². The van der Waals surface area contributed by atoms with Gasteiger partial charge in [-0.25, -0.2) is 0 Å². The van der Waals surface area contributed by atoms with Gasteiger partial charge in [-0.15, -0.1) is 0 Å². The van der Waals surface area contributed by atoms with Crippen LogP contribution in [-0.4, -0.2) is 43.0 Å². The molecule has 1 unspecified atom stereocenters. The lowest BCUT2D eigenvalue weighted by atomic mass is 9.91. The molecule has 2 rings (SSSR count). The van der Waals surface area contributed by atoms with Crippen molar-refractivity contribution in [1.29, 1.82) is 0 Å². The Bertz CT molecular complexity index is 253. The highest BCUT2D eigenvalue weighted by Gasteiger charge is 2.35. The SMILES string of the molecule is COCCN(C1CCC(=O)CC1)C(C)C1CC1. The summed E-state index contributed by atoms with van der Waals surface area (Å²) in [6.45, 7) is 4.18. The van der Waals surface area contributed by atoms with Crippen molar-refractivity contribution in [2.24, 2.45) is 5.92 Å². The average molecular weight is 239 g/mol. The van der Waals surface area contributed by atoms with Gasteiger partial charge in [0, 0.05) is 38.6 Å². The standard InChI is InChI=1S/C14H25NO2/c1-11(12-3-4-12)15(9-10-17-2)13-5-7-14(16)8-6-13/h11-13H,3-10H2,1-2H3. The summed E-state index contributed by atoms with van der Waals surface area (Å²) < 4.78 is 5.23. The first kappa shape index (κ1) is 13.0. The summed E-state index contributed by atoms with van der Waals surface area (Å²) in [4.78, 5) is 13.9. The van der Waals surface area contributed by atoms with Gasteiger partial charge in [-0.05, 0) is 38.5 Å². The maximum absolute atomic E-state index is 11.3. The summed E-state index contributed by atoms with van der Waals surface area (Å²) in [7, 11) is 1.77. The molecule has 2 aliphatic carbocycles. The molecule has 98 valence electrons. The Labute approximate surface area is 105 Å².